The van der Waals surface area contributed by atoms with Crippen molar-refractivity contribution >= 4 is 35.6 Å². The maximum atomic E-state index is 12.9. The second-order valence-corrected chi connectivity index (χ2v) is 8.51. The van der Waals surface area contributed by atoms with Crippen LogP contribution in [-0.4, -0.2) is 43.0 Å². The molecule has 156 valence electrons. The second kappa shape index (κ2) is 9.38. The molecular formula is C23H29Cl2N3O. The topological polar surface area (TPSA) is 49.6 Å². The summed E-state index contributed by atoms with van der Waals surface area (Å²) in [5.41, 5.74) is 8.57. The number of halogens is 2. The molecule has 1 amide bonds. The van der Waals surface area contributed by atoms with Gasteiger partial charge in [0.1, 0.15) is 0 Å². The zero-order chi connectivity index (χ0) is 19.6. The summed E-state index contributed by atoms with van der Waals surface area (Å²) in [6.45, 7) is 2.78. The van der Waals surface area contributed by atoms with E-state index in [1.54, 1.807) is 0 Å². The Balaban J connectivity index is 0.00000240. The smallest absolute Gasteiger partial charge is 0.242 e. The van der Waals surface area contributed by atoms with Crippen molar-refractivity contribution in [1.29, 1.82) is 0 Å². The normalized spacial score (nSPS) is 24.9. The molecule has 4 nitrogen and oxygen atoms in total. The summed E-state index contributed by atoms with van der Waals surface area (Å²) in [5.74, 6) is 0.239. The number of rotatable bonds is 4. The minimum Gasteiger partial charge on any atom is -0.360 e. The molecule has 1 saturated heterocycles. The van der Waals surface area contributed by atoms with E-state index in [1.807, 2.05) is 30.3 Å². The summed E-state index contributed by atoms with van der Waals surface area (Å²) in [6.07, 6.45) is 4.00. The van der Waals surface area contributed by atoms with Crippen molar-refractivity contribution in [3.63, 3.8) is 0 Å². The SMILES string of the molecule is Cl.NCC1(c2cccc(Cl)c2)CCC(N2CCN(c3ccccc3)CC2=O)CC1. The van der Waals surface area contributed by atoms with E-state index in [-0.39, 0.29) is 23.7 Å². The van der Waals surface area contributed by atoms with Crippen LogP contribution in [0, 0.1) is 0 Å². The molecule has 29 heavy (non-hydrogen) atoms. The Morgan fingerprint density at radius 3 is 2.38 bits per heavy atom. The van der Waals surface area contributed by atoms with Crippen LogP contribution in [0.2, 0.25) is 5.02 Å². The fraction of sp³-hybridized carbons (Fsp3) is 0.435. The van der Waals surface area contributed by atoms with E-state index in [0.29, 0.717) is 19.1 Å². The molecule has 2 fully saturated rings. The predicted molar refractivity (Wildman–Crippen MR) is 122 cm³/mol. The maximum absolute atomic E-state index is 12.9. The molecule has 0 atom stereocenters. The van der Waals surface area contributed by atoms with E-state index < -0.39 is 0 Å². The zero-order valence-electron chi connectivity index (χ0n) is 16.6. The minimum atomic E-state index is -0.0176. The Morgan fingerprint density at radius 1 is 1.03 bits per heavy atom. The van der Waals surface area contributed by atoms with Gasteiger partial charge >= 0.3 is 0 Å². The highest BCUT2D eigenvalue weighted by molar-refractivity contribution is 6.30. The number of hydrogen-bond acceptors (Lipinski definition) is 3. The van der Waals surface area contributed by atoms with E-state index in [2.05, 4.69) is 34.1 Å². The van der Waals surface area contributed by atoms with Gasteiger partial charge in [-0.15, -0.1) is 12.4 Å². The number of para-hydroxylation sites is 1. The number of piperazine rings is 1. The van der Waals surface area contributed by atoms with Gasteiger partial charge in [0.15, 0.2) is 0 Å². The van der Waals surface area contributed by atoms with E-state index >= 15 is 0 Å². The number of hydrogen-bond donors (Lipinski definition) is 1. The molecule has 0 bridgehead atoms. The Hall–Kier alpha value is -1.75. The van der Waals surface area contributed by atoms with Crippen LogP contribution < -0.4 is 10.6 Å². The lowest BCUT2D eigenvalue weighted by Crippen LogP contribution is -2.56. The summed E-state index contributed by atoms with van der Waals surface area (Å²) < 4.78 is 0. The fourth-order valence-electron chi connectivity index (χ4n) is 4.83. The van der Waals surface area contributed by atoms with E-state index in [4.69, 9.17) is 17.3 Å². The molecule has 4 rings (SSSR count). The molecule has 2 aromatic carbocycles. The molecule has 6 heteroatoms. The van der Waals surface area contributed by atoms with E-state index in [9.17, 15) is 4.79 Å². The van der Waals surface area contributed by atoms with Crippen LogP contribution in [0.3, 0.4) is 0 Å². The third-order valence-electron chi connectivity index (χ3n) is 6.56. The summed E-state index contributed by atoms with van der Waals surface area (Å²) in [6, 6.07) is 18.6. The van der Waals surface area contributed by atoms with Crippen molar-refractivity contribution in [2.75, 3.05) is 31.1 Å². The van der Waals surface area contributed by atoms with Crippen LogP contribution in [0.25, 0.3) is 0 Å². The van der Waals surface area contributed by atoms with Crippen molar-refractivity contribution < 1.29 is 4.79 Å². The van der Waals surface area contributed by atoms with Crippen LogP contribution >= 0.6 is 24.0 Å². The summed E-state index contributed by atoms with van der Waals surface area (Å²) in [7, 11) is 0. The lowest BCUT2D eigenvalue weighted by Gasteiger charge is -2.46. The van der Waals surface area contributed by atoms with Gasteiger partial charge in [-0.05, 0) is 55.5 Å². The van der Waals surface area contributed by atoms with Crippen LogP contribution in [0.4, 0.5) is 5.69 Å². The highest BCUT2D eigenvalue weighted by atomic mass is 35.5. The van der Waals surface area contributed by atoms with E-state index in [1.165, 1.54) is 5.56 Å². The van der Waals surface area contributed by atoms with Gasteiger partial charge in [-0.2, -0.15) is 0 Å². The minimum absolute atomic E-state index is 0. The Bertz CT molecular complexity index is 822. The van der Waals surface area contributed by atoms with Crippen LogP contribution in [0.1, 0.15) is 31.2 Å². The third kappa shape index (κ3) is 4.55. The average Bonchev–Trinajstić information content (AvgIpc) is 2.74. The molecule has 0 spiro atoms. The highest BCUT2D eigenvalue weighted by Gasteiger charge is 2.39. The van der Waals surface area contributed by atoms with E-state index in [0.717, 1.165) is 49.5 Å². The van der Waals surface area contributed by atoms with Gasteiger partial charge in [0.2, 0.25) is 5.91 Å². The summed E-state index contributed by atoms with van der Waals surface area (Å²) in [4.78, 5) is 17.2. The predicted octanol–water partition coefficient (Wildman–Crippen LogP) is 4.25. The van der Waals surface area contributed by atoms with Gasteiger partial charge in [-0.1, -0.05) is 41.9 Å². The number of carbonyl (C=O) groups is 1. The average molecular weight is 434 g/mol. The first-order valence-corrected chi connectivity index (χ1v) is 10.5. The molecule has 1 heterocycles. The van der Waals surface area contributed by atoms with Crippen molar-refractivity contribution in [3.8, 4) is 0 Å². The van der Waals surface area contributed by atoms with Crippen molar-refractivity contribution in [2.24, 2.45) is 5.73 Å². The largest absolute Gasteiger partial charge is 0.360 e. The fourth-order valence-corrected chi connectivity index (χ4v) is 5.02. The first kappa shape index (κ1) is 21.9. The number of nitrogens with two attached hydrogens (primary N) is 1. The molecule has 2 aromatic rings. The Labute approximate surface area is 184 Å². The zero-order valence-corrected chi connectivity index (χ0v) is 18.2. The number of carbonyl (C=O) groups excluding carboxylic acids is 1. The second-order valence-electron chi connectivity index (χ2n) is 8.07. The van der Waals surface area contributed by atoms with Gasteiger partial charge in [-0.3, -0.25) is 4.79 Å². The molecule has 0 radical (unpaired) electrons. The van der Waals surface area contributed by atoms with Crippen molar-refractivity contribution in [1.82, 2.24) is 4.90 Å². The summed E-state index contributed by atoms with van der Waals surface area (Å²) >= 11 is 6.22. The number of benzene rings is 2. The molecule has 1 aliphatic heterocycles. The Kier molecular flexibility index (Phi) is 7.10. The number of nitrogens with zero attached hydrogens (tertiary/aromatic N) is 2. The summed E-state index contributed by atoms with van der Waals surface area (Å²) in [5, 5.41) is 0.764. The van der Waals surface area contributed by atoms with Crippen LogP contribution in [0.15, 0.2) is 54.6 Å². The standard InChI is InChI=1S/C23H28ClN3O.ClH/c24-19-6-4-5-18(15-19)23(17-25)11-9-21(10-12-23)27-14-13-26(16-22(27)28)20-7-2-1-3-8-20;/h1-8,15,21H,9-14,16-17,25H2;1H. The molecule has 0 aromatic heterocycles. The molecule has 0 unspecified atom stereocenters. The van der Waals surface area contributed by atoms with Gasteiger partial charge in [0.25, 0.3) is 0 Å². The number of amides is 1. The maximum Gasteiger partial charge on any atom is 0.242 e. The molecule has 1 saturated carbocycles. The molecular weight excluding hydrogens is 405 g/mol. The van der Waals surface area contributed by atoms with Gasteiger partial charge in [0, 0.05) is 41.8 Å². The third-order valence-corrected chi connectivity index (χ3v) is 6.79. The lowest BCUT2D eigenvalue weighted by atomic mass is 9.68. The monoisotopic (exact) mass is 433 g/mol. The number of anilines is 1. The molecule has 2 N–H and O–H groups in total. The lowest BCUT2D eigenvalue weighted by molar-refractivity contribution is -0.134. The van der Waals surface area contributed by atoms with Crippen LogP contribution in [-0.2, 0) is 10.2 Å². The highest BCUT2D eigenvalue weighted by Crippen LogP contribution is 2.41. The first-order valence-electron chi connectivity index (χ1n) is 10.2. The van der Waals surface area contributed by atoms with Gasteiger partial charge in [0.05, 0.1) is 6.54 Å². The van der Waals surface area contributed by atoms with Crippen molar-refractivity contribution in [2.45, 2.75) is 37.1 Å². The Morgan fingerprint density at radius 2 is 1.76 bits per heavy atom. The quantitative estimate of drug-likeness (QED) is 0.783. The first-order chi connectivity index (χ1) is 13.6. The molecule has 2 aliphatic rings. The van der Waals surface area contributed by atoms with Crippen LogP contribution in [0.5, 0.6) is 0 Å². The van der Waals surface area contributed by atoms with Gasteiger partial charge in [-0.25, -0.2) is 0 Å². The van der Waals surface area contributed by atoms with Gasteiger partial charge < -0.3 is 15.5 Å². The van der Waals surface area contributed by atoms with Crippen molar-refractivity contribution in [3.05, 3.63) is 65.2 Å². The molecule has 1 aliphatic carbocycles.